The van der Waals surface area contributed by atoms with Crippen molar-refractivity contribution in [3.05, 3.63) is 23.3 Å². The predicted molar refractivity (Wildman–Crippen MR) is 101 cm³/mol. The lowest BCUT2D eigenvalue weighted by molar-refractivity contribution is -0.132. The van der Waals surface area contributed by atoms with Crippen LogP contribution in [0.15, 0.2) is 12.1 Å². The summed E-state index contributed by atoms with van der Waals surface area (Å²) in [7, 11) is 2.56. The van der Waals surface area contributed by atoms with Gasteiger partial charge in [0.1, 0.15) is 5.75 Å². The van der Waals surface area contributed by atoms with Gasteiger partial charge < -0.3 is 24.4 Å². The molecule has 1 N–H and O–H groups in total. The minimum atomic E-state index is -1.06. The molecule has 0 aliphatic carbocycles. The molecule has 0 spiro atoms. The second-order valence-electron chi connectivity index (χ2n) is 6.11. The Bertz CT molecular complexity index is 714. The average molecular weight is 380 g/mol. The molecule has 0 atom stereocenters. The lowest BCUT2D eigenvalue weighted by atomic mass is 10.0. The molecule has 8 nitrogen and oxygen atoms in total. The molecule has 1 aromatic rings. The number of aryl methyl sites for hydroxylation is 1. The number of rotatable bonds is 4. The first-order valence-electron chi connectivity index (χ1n) is 8.77. The maximum Gasteiger partial charge on any atom is 0.406 e. The minimum absolute atomic E-state index is 0.190. The van der Waals surface area contributed by atoms with Crippen LogP contribution in [0.5, 0.6) is 5.75 Å². The first-order chi connectivity index (χ1) is 12.7. The molecule has 0 unspecified atom stereocenters. The van der Waals surface area contributed by atoms with Gasteiger partial charge in [-0.05, 0) is 38.5 Å². The monoisotopic (exact) mass is 380 g/mol. The fraction of sp³-hybridized carbons (Fsp3) is 0.526. The number of fused-ring (bicyclic) bond motifs is 1. The lowest BCUT2D eigenvalue weighted by Crippen LogP contribution is -2.54. The molecule has 0 saturated heterocycles. The average Bonchev–Trinajstić information content (AvgIpc) is 2.65. The molecular formula is C19H28N2O6. The second kappa shape index (κ2) is 9.25. The predicted octanol–water partition coefficient (Wildman–Crippen LogP) is 2.67. The fourth-order valence-corrected chi connectivity index (χ4v) is 2.61. The number of hydrogen-bond donors (Lipinski definition) is 1. The third-order valence-electron chi connectivity index (χ3n) is 3.92. The van der Waals surface area contributed by atoms with Crippen molar-refractivity contribution in [2.24, 2.45) is 0 Å². The molecule has 27 heavy (non-hydrogen) atoms. The van der Waals surface area contributed by atoms with Crippen molar-refractivity contribution in [2.75, 3.05) is 32.2 Å². The van der Waals surface area contributed by atoms with E-state index in [-0.39, 0.29) is 19.0 Å². The number of carbonyl (C=O) groups is 3. The van der Waals surface area contributed by atoms with E-state index in [9.17, 15) is 14.4 Å². The SMILES string of the molecule is CC.COC(=O)NCCN1C(=O)C(C)(C)Oc2cc(C)c(C(=O)OC)cc21. The number of esters is 1. The molecule has 1 aliphatic heterocycles. The number of benzene rings is 1. The van der Waals surface area contributed by atoms with Crippen molar-refractivity contribution in [3.63, 3.8) is 0 Å². The highest BCUT2D eigenvalue weighted by atomic mass is 16.5. The van der Waals surface area contributed by atoms with Gasteiger partial charge in [-0.3, -0.25) is 4.79 Å². The molecule has 0 aromatic heterocycles. The molecule has 2 rings (SSSR count). The molecule has 1 heterocycles. The van der Waals surface area contributed by atoms with Gasteiger partial charge in [-0.1, -0.05) is 13.8 Å². The van der Waals surface area contributed by atoms with Crippen LogP contribution < -0.4 is 15.0 Å². The van der Waals surface area contributed by atoms with E-state index in [1.54, 1.807) is 32.9 Å². The molecular weight excluding hydrogens is 352 g/mol. The van der Waals surface area contributed by atoms with Crippen molar-refractivity contribution in [2.45, 2.75) is 40.2 Å². The van der Waals surface area contributed by atoms with Crippen LogP contribution in [-0.2, 0) is 14.3 Å². The van der Waals surface area contributed by atoms with E-state index < -0.39 is 17.7 Å². The van der Waals surface area contributed by atoms with Gasteiger partial charge in [0.15, 0.2) is 5.60 Å². The van der Waals surface area contributed by atoms with Gasteiger partial charge in [0.05, 0.1) is 25.5 Å². The number of anilines is 1. The second-order valence-corrected chi connectivity index (χ2v) is 6.11. The van der Waals surface area contributed by atoms with Crippen molar-refractivity contribution in [1.29, 1.82) is 0 Å². The van der Waals surface area contributed by atoms with Crippen molar-refractivity contribution in [3.8, 4) is 5.75 Å². The first-order valence-corrected chi connectivity index (χ1v) is 8.77. The smallest absolute Gasteiger partial charge is 0.406 e. The largest absolute Gasteiger partial charge is 0.476 e. The van der Waals surface area contributed by atoms with E-state index >= 15 is 0 Å². The van der Waals surface area contributed by atoms with Crippen LogP contribution in [0.4, 0.5) is 10.5 Å². The Morgan fingerprint density at radius 2 is 1.81 bits per heavy atom. The molecule has 2 amide bonds. The number of nitrogens with zero attached hydrogens (tertiary/aromatic N) is 1. The fourth-order valence-electron chi connectivity index (χ4n) is 2.61. The van der Waals surface area contributed by atoms with E-state index in [2.05, 4.69) is 10.1 Å². The molecule has 150 valence electrons. The van der Waals surface area contributed by atoms with Crippen LogP contribution in [0.3, 0.4) is 0 Å². The van der Waals surface area contributed by atoms with Gasteiger partial charge in [-0.25, -0.2) is 9.59 Å². The molecule has 0 bridgehead atoms. The zero-order valence-electron chi connectivity index (χ0n) is 17.0. The number of nitrogens with one attached hydrogen (secondary N) is 1. The maximum atomic E-state index is 12.7. The summed E-state index contributed by atoms with van der Waals surface area (Å²) in [5, 5.41) is 2.53. The standard InChI is InChI=1S/C17H22N2O6.C2H6/c1-10-8-13-12(9-11(10)14(20)23-4)19(7-6-18-16(22)24-5)15(21)17(2,3)25-13;1-2/h8-9H,6-7H2,1-5H3,(H,18,22);1-2H3. The van der Waals surface area contributed by atoms with E-state index in [4.69, 9.17) is 9.47 Å². The quantitative estimate of drug-likeness (QED) is 0.807. The molecule has 0 saturated carbocycles. The normalized spacial score (nSPS) is 14.2. The zero-order valence-corrected chi connectivity index (χ0v) is 17.0. The Kier molecular flexibility index (Phi) is 7.63. The maximum absolute atomic E-state index is 12.7. The van der Waals surface area contributed by atoms with E-state index in [1.165, 1.54) is 19.1 Å². The topological polar surface area (TPSA) is 94.2 Å². The summed E-state index contributed by atoms with van der Waals surface area (Å²) in [6.07, 6.45) is -0.584. The van der Waals surface area contributed by atoms with E-state index in [0.29, 0.717) is 22.6 Å². The van der Waals surface area contributed by atoms with Crippen LogP contribution in [0.25, 0.3) is 0 Å². The zero-order chi connectivity index (χ0) is 20.8. The van der Waals surface area contributed by atoms with Gasteiger partial charge in [0.2, 0.25) is 0 Å². The van der Waals surface area contributed by atoms with Gasteiger partial charge in [0.25, 0.3) is 5.91 Å². The van der Waals surface area contributed by atoms with Crippen molar-refractivity contribution < 1.29 is 28.6 Å². The van der Waals surface area contributed by atoms with E-state index in [0.717, 1.165) is 0 Å². The van der Waals surface area contributed by atoms with Gasteiger partial charge in [-0.15, -0.1) is 0 Å². The molecule has 0 fully saturated rings. The molecule has 1 aliphatic rings. The Morgan fingerprint density at radius 1 is 1.19 bits per heavy atom. The summed E-state index contributed by atoms with van der Waals surface area (Å²) >= 11 is 0. The van der Waals surface area contributed by atoms with Crippen LogP contribution in [0.2, 0.25) is 0 Å². The number of alkyl carbamates (subject to hydrolysis) is 1. The van der Waals surface area contributed by atoms with Gasteiger partial charge in [-0.2, -0.15) is 0 Å². The molecule has 8 heteroatoms. The van der Waals surface area contributed by atoms with Crippen LogP contribution in [0, 0.1) is 6.92 Å². The van der Waals surface area contributed by atoms with Crippen molar-refractivity contribution >= 4 is 23.7 Å². The number of hydrogen-bond acceptors (Lipinski definition) is 6. The number of methoxy groups -OCH3 is 2. The Balaban J connectivity index is 0.00000176. The summed E-state index contributed by atoms with van der Waals surface area (Å²) in [6.45, 7) is 9.50. The highest BCUT2D eigenvalue weighted by Gasteiger charge is 2.41. The molecule has 1 aromatic carbocycles. The summed E-state index contributed by atoms with van der Waals surface area (Å²) in [5.74, 6) is -0.274. The highest BCUT2D eigenvalue weighted by molar-refractivity contribution is 6.04. The van der Waals surface area contributed by atoms with Crippen LogP contribution >= 0.6 is 0 Å². The lowest BCUT2D eigenvalue weighted by Gasteiger charge is -2.39. The number of ether oxygens (including phenoxy) is 3. The Morgan fingerprint density at radius 3 is 2.37 bits per heavy atom. The summed E-state index contributed by atoms with van der Waals surface area (Å²) in [6, 6.07) is 3.28. The molecule has 0 radical (unpaired) electrons. The Hall–Kier alpha value is -2.77. The summed E-state index contributed by atoms with van der Waals surface area (Å²) < 4.78 is 15.1. The number of amides is 2. The van der Waals surface area contributed by atoms with Crippen molar-refractivity contribution in [1.82, 2.24) is 5.32 Å². The van der Waals surface area contributed by atoms with E-state index in [1.807, 2.05) is 13.8 Å². The third kappa shape index (κ3) is 4.90. The first kappa shape index (κ1) is 22.3. The number of carbonyl (C=O) groups excluding carboxylic acids is 3. The van der Waals surface area contributed by atoms with Crippen LogP contribution in [-0.4, -0.2) is 50.9 Å². The third-order valence-corrected chi connectivity index (χ3v) is 3.92. The summed E-state index contributed by atoms with van der Waals surface area (Å²) in [4.78, 5) is 37.4. The Labute approximate surface area is 159 Å². The van der Waals surface area contributed by atoms with Crippen LogP contribution in [0.1, 0.15) is 43.6 Å². The van der Waals surface area contributed by atoms with Gasteiger partial charge >= 0.3 is 12.1 Å². The van der Waals surface area contributed by atoms with Gasteiger partial charge in [0, 0.05) is 13.1 Å². The highest BCUT2D eigenvalue weighted by Crippen LogP contribution is 2.39. The minimum Gasteiger partial charge on any atom is -0.476 e. The summed E-state index contributed by atoms with van der Waals surface area (Å²) in [5.41, 5.74) is 0.436.